The molecule has 0 saturated heterocycles. The van der Waals surface area contributed by atoms with Crippen LogP contribution in [-0.4, -0.2) is 12.1 Å². The van der Waals surface area contributed by atoms with E-state index >= 15 is 0 Å². The molecule has 2 nitrogen and oxygen atoms in total. The summed E-state index contributed by atoms with van der Waals surface area (Å²) in [5, 5.41) is 0. The predicted molar refractivity (Wildman–Crippen MR) is 78.0 cm³/mol. The predicted octanol–water partition coefficient (Wildman–Crippen LogP) is 3.97. The largest absolute Gasteiger partial charge is 0.497 e. The Morgan fingerprint density at radius 1 is 1.21 bits per heavy atom. The molecule has 1 aromatic carbocycles. The summed E-state index contributed by atoms with van der Waals surface area (Å²) in [7, 11) is 1.72. The average molecular weight is 251 g/mol. The summed E-state index contributed by atoms with van der Waals surface area (Å²) in [5.41, 5.74) is 5.29. The van der Waals surface area contributed by atoms with Crippen molar-refractivity contribution in [3.05, 3.63) is 59.4 Å². The van der Waals surface area contributed by atoms with Gasteiger partial charge >= 0.3 is 0 Å². The summed E-state index contributed by atoms with van der Waals surface area (Å²) >= 11 is 0. The number of nitrogens with zero attached hydrogens (tertiary/aromatic N) is 1. The van der Waals surface area contributed by atoms with Crippen molar-refractivity contribution in [3.8, 4) is 5.75 Å². The maximum atomic E-state index is 5.34. The van der Waals surface area contributed by atoms with Crippen LogP contribution in [0.2, 0.25) is 0 Å². The molecule has 1 aliphatic rings. The van der Waals surface area contributed by atoms with Crippen LogP contribution in [0.25, 0.3) is 11.6 Å². The Hall–Kier alpha value is -2.09. The molecular weight excluding hydrogens is 234 g/mol. The number of fused-ring (bicyclic) bond motifs is 1. The molecule has 0 amide bonds. The molecule has 0 unspecified atom stereocenters. The summed E-state index contributed by atoms with van der Waals surface area (Å²) < 4.78 is 5.34. The van der Waals surface area contributed by atoms with Gasteiger partial charge in [-0.25, -0.2) is 0 Å². The molecule has 1 heterocycles. The van der Waals surface area contributed by atoms with Gasteiger partial charge in [-0.1, -0.05) is 12.1 Å². The van der Waals surface area contributed by atoms with E-state index in [2.05, 4.69) is 29.3 Å². The number of hydrogen-bond acceptors (Lipinski definition) is 2. The van der Waals surface area contributed by atoms with Crippen molar-refractivity contribution in [2.75, 3.05) is 7.11 Å². The van der Waals surface area contributed by atoms with Crippen molar-refractivity contribution in [2.24, 2.45) is 0 Å². The first-order chi connectivity index (χ1) is 9.36. The van der Waals surface area contributed by atoms with E-state index in [1.165, 1.54) is 23.1 Å². The lowest BCUT2D eigenvalue weighted by molar-refractivity contribution is 0.414. The van der Waals surface area contributed by atoms with Crippen LogP contribution in [0, 0.1) is 0 Å². The molecular formula is C17H17NO. The van der Waals surface area contributed by atoms with Crippen molar-refractivity contribution < 1.29 is 4.74 Å². The minimum absolute atomic E-state index is 0.928. The highest BCUT2D eigenvalue weighted by Crippen LogP contribution is 2.34. The Kier molecular flexibility index (Phi) is 3.32. The van der Waals surface area contributed by atoms with Crippen molar-refractivity contribution in [2.45, 2.75) is 19.3 Å². The molecule has 19 heavy (non-hydrogen) atoms. The normalized spacial score (nSPS) is 16.2. The Balaban J connectivity index is 2.04. The van der Waals surface area contributed by atoms with Crippen LogP contribution in [0.5, 0.6) is 5.75 Å². The van der Waals surface area contributed by atoms with E-state index in [0.717, 1.165) is 24.2 Å². The van der Waals surface area contributed by atoms with E-state index < -0.39 is 0 Å². The van der Waals surface area contributed by atoms with E-state index in [-0.39, 0.29) is 0 Å². The van der Waals surface area contributed by atoms with Gasteiger partial charge in [-0.15, -0.1) is 0 Å². The third kappa shape index (κ3) is 2.53. The Morgan fingerprint density at radius 3 is 2.95 bits per heavy atom. The standard InChI is InChI=1S/C17H17NO/c1-19-16-8-7-14-5-2-6-15(17(14)11-16)10-13-4-3-9-18-12-13/h3-4,7-12H,2,5-6H2,1H3/b15-10+. The lowest BCUT2D eigenvalue weighted by atomic mass is 9.86. The molecule has 0 saturated carbocycles. The Morgan fingerprint density at radius 2 is 2.16 bits per heavy atom. The van der Waals surface area contributed by atoms with Gasteiger partial charge in [0, 0.05) is 12.4 Å². The first-order valence-electron chi connectivity index (χ1n) is 6.65. The average Bonchev–Trinajstić information content (AvgIpc) is 2.48. The van der Waals surface area contributed by atoms with Gasteiger partial charge < -0.3 is 4.74 Å². The molecule has 1 aliphatic carbocycles. The summed E-state index contributed by atoms with van der Waals surface area (Å²) in [4.78, 5) is 4.17. The van der Waals surface area contributed by atoms with Gasteiger partial charge in [0.1, 0.15) is 5.75 Å². The van der Waals surface area contributed by atoms with E-state index in [1.807, 2.05) is 18.3 Å². The number of rotatable bonds is 2. The molecule has 3 rings (SSSR count). The number of ether oxygens (including phenoxy) is 1. The minimum Gasteiger partial charge on any atom is -0.497 e. The van der Waals surface area contributed by atoms with Gasteiger partial charge in [-0.2, -0.15) is 0 Å². The highest BCUT2D eigenvalue weighted by Gasteiger charge is 2.14. The van der Waals surface area contributed by atoms with Gasteiger partial charge in [0.05, 0.1) is 7.11 Å². The maximum Gasteiger partial charge on any atom is 0.119 e. The molecule has 0 bridgehead atoms. The second-order valence-electron chi connectivity index (χ2n) is 4.83. The van der Waals surface area contributed by atoms with Gasteiger partial charge in [-0.05, 0) is 65.8 Å². The number of benzene rings is 1. The highest BCUT2D eigenvalue weighted by molar-refractivity contribution is 5.84. The summed E-state index contributed by atoms with van der Waals surface area (Å²) in [6.45, 7) is 0. The van der Waals surface area contributed by atoms with Crippen LogP contribution in [-0.2, 0) is 6.42 Å². The van der Waals surface area contributed by atoms with Crippen molar-refractivity contribution in [1.82, 2.24) is 4.98 Å². The zero-order valence-electron chi connectivity index (χ0n) is 11.1. The summed E-state index contributed by atoms with van der Waals surface area (Å²) in [5.74, 6) is 0.928. The van der Waals surface area contributed by atoms with Crippen LogP contribution in [0.4, 0.5) is 0 Å². The van der Waals surface area contributed by atoms with Crippen molar-refractivity contribution in [1.29, 1.82) is 0 Å². The van der Waals surface area contributed by atoms with Gasteiger partial charge in [0.2, 0.25) is 0 Å². The Bertz CT molecular complexity index is 602. The third-order valence-corrected chi connectivity index (χ3v) is 3.58. The highest BCUT2D eigenvalue weighted by atomic mass is 16.5. The first-order valence-corrected chi connectivity index (χ1v) is 6.65. The number of hydrogen-bond donors (Lipinski definition) is 0. The van der Waals surface area contributed by atoms with Crippen molar-refractivity contribution >= 4 is 11.6 Å². The fourth-order valence-electron chi connectivity index (χ4n) is 2.62. The quantitative estimate of drug-likeness (QED) is 0.805. The van der Waals surface area contributed by atoms with Gasteiger partial charge in [0.15, 0.2) is 0 Å². The zero-order valence-corrected chi connectivity index (χ0v) is 11.1. The molecule has 0 fully saturated rings. The number of allylic oxidation sites excluding steroid dienone is 1. The fraction of sp³-hybridized carbons (Fsp3) is 0.235. The molecule has 0 spiro atoms. The maximum absolute atomic E-state index is 5.34. The molecule has 2 aromatic rings. The van der Waals surface area contributed by atoms with E-state index in [4.69, 9.17) is 4.74 Å². The first kappa shape index (κ1) is 12.0. The summed E-state index contributed by atoms with van der Waals surface area (Å²) in [6, 6.07) is 10.4. The Labute approximate surface area is 113 Å². The van der Waals surface area contributed by atoms with Crippen LogP contribution in [0.1, 0.15) is 29.5 Å². The smallest absolute Gasteiger partial charge is 0.119 e. The molecule has 0 aliphatic heterocycles. The molecule has 1 aromatic heterocycles. The molecule has 96 valence electrons. The number of pyridine rings is 1. The van der Waals surface area contributed by atoms with Crippen LogP contribution < -0.4 is 4.74 Å². The van der Waals surface area contributed by atoms with Crippen LogP contribution in [0.3, 0.4) is 0 Å². The van der Waals surface area contributed by atoms with Gasteiger partial charge in [-0.3, -0.25) is 4.98 Å². The molecule has 0 radical (unpaired) electrons. The van der Waals surface area contributed by atoms with Gasteiger partial charge in [0.25, 0.3) is 0 Å². The van der Waals surface area contributed by atoms with E-state index in [9.17, 15) is 0 Å². The second-order valence-corrected chi connectivity index (χ2v) is 4.83. The molecule has 0 atom stereocenters. The summed E-state index contributed by atoms with van der Waals surface area (Å²) in [6.07, 6.45) is 9.44. The molecule has 0 N–H and O–H groups in total. The number of aryl methyl sites for hydroxylation is 1. The second kappa shape index (κ2) is 5.27. The third-order valence-electron chi connectivity index (χ3n) is 3.58. The van der Waals surface area contributed by atoms with Crippen molar-refractivity contribution in [3.63, 3.8) is 0 Å². The lowest BCUT2D eigenvalue weighted by Crippen LogP contribution is -2.02. The number of aromatic nitrogens is 1. The fourth-order valence-corrected chi connectivity index (χ4v) is 2.62. The minimum atomic E-state index is 0.928. The van der Waals surface area contributed by atoms with E-state index in [1.54, 1.807) is 13.3 Å². The van der Waals surface area contributed by atoms with Crippen LogP contribution >= 0.6 is 0 Å². The van der Waals surface area contributed by atoms with E-state index in [0.29, 0.717) is 0 Å². The van der Waals surface area contributed by atoms with Crippen LogP contribution in [0.15, 0.2) is 42.7 Å². The lowest BCUT2D eigenvalue weighted by Gasteiger charge is -2.20. The topological polar surface area (TPSA) is 22.1 Å². The molecule has 2 heteroatoms. The zero-order chi connectivity index (χ0) is 13.1. The SMILES string of the molecule is COc1ccc2c(c1)/C(=C/c1cccnc1)CCC2. The number of methoxy groups -OCH3 is 1. The monoisotopic (exact) mass is 251 g/mol.